The molecule has 1 saturated heterocycles. The second-order valence-electron chi connectivity index (χ2n) is 3.34. The van der Waals surface area contributed by atoms with Crippen LogP contribution in [-0.2, 0) is 4.84 Å². The first kappa shape index (κ1) is 10.6. The summed E-state index contributed by atoms with van der Waals surface area (Å²) in [5.74, 6) is 0. The van der Waals surface area contributed by atoms with E-state index in [9.17, 15) is 13.2 Å². The molecule has 1 fully saturated rings. The molecule has 2 rings (SSSR count). The molecule has 2 nitrogen and oxygen atoms in total. The lowest BCUT2D eigenvalue weighted by Gasteiger charge is -2.10. The summed E-state index contributed by atoms with van der Waals surface area (Å²) < 4.78 is 37.3. The van der Waals surface area contributed by atoms with Crippen LogP contribution < -0.4 is 5.06 Å². The van der Waals surface area contributed by atoms with E-state index in [1.807, 2.05) is 0 Å². The predicted octanol–water partition coefficient (Wildman–Crippen LogP) is 3.37. The van der Waals surface area contributed by atoms with Gasteiger partial charge in [-0.15, -0.1) is 0 Å². The molecule has 1 aromatic carbocycles. The molecule has 1 aromatic rings. The van der Waals surface area contributed by atoms with Gasteiger partial charge < -0.3 is 0 Å². The van der Waals surface area contributed by atoms with Crippen LogP contribution in [0.25, 0.3) is 0 Å². The third kappa shape index (κ3) is 1.66. The summed E-state index contributed by atoms with van der Waals surface area (Å²) in [6, 6.07) is 5.96. The third-order valence-electron chi connectivity index (χ3n) is 2.21. The molecule has 1 aliphatic rings. The monoisotopic (exact) mass is 237 g/mol. The van der Waals surface area contributed by atoms with E-state index >= 15 is 0 Å². The Morgan fingerprint density at radius 2 is 1.80 bits per heavy atom. The van der Waals surface area contributed by atoms with Crippen molar-refractivity contribution in [1.82, 2.24) is 0 Å². The molecule has 0 N–H and O–H groups in total. The first-order valence-electron chi connectivity index (χ1n) is 4.16. The Morgan fingerprint density at radius 1 is 1.27 bits per heavy atom. The standard InChI is InChI=1S/C9H7ClF3NO/c1-8(9(11,12)13)14(15-8)7-4-2-6(10)3-5-7/h2-5H,1H3/t8-,14?/m0/s1. The number of benzene rings is 1. The first-order chi connectivity index (χ1) is 6.84. The minimum absolute atomic E-state index is 0.333. The van der Waals surface area contributed by atoms with Crippen molar-refractivity contribution in [3.05, 3.63) is 29.3 Å². The SMILES string of the molecule is C[C@@]1(C(F)(F)F)ON1c1ccc(Cl)cc1. The molecule has 6 heteroatoms. The number of halogens is 4. The van der Waals surface area contributed by atoms with E-state index in [-0.39, 0.29) is 0 Å². The minimum Gasteiger partial charge on any atom is -0.230 e. The van der Waals surface area contributed by atoms with Gasteiger partial charge in [-0.2, -0.15) is 13.2 Å². The summed E-state index contributed by atoms with van der Waals surface area (Å²) in [5, 5.41) is 1.28. The Hall–Kier alpha value is -0.940. The Balaban J connectivity index is 2.21. The van der Waals surface area contributed by atoms with Crippen molar-refractivity contribution < 1.29 is 18.0 Å². The van der Waals surface area contributed by atoms with E-state index in [2.05, 4.69) is 4.84 Å². The van der Waals surface area contributed by atoms with Crippen LogP contribution in [0.4, 0.5) is 18.9 Å². The Bertz CT molecular complexity index is 378. The molecule has 0 saturated carbocycles. The molecule has 0 bridgehead atoms. The molecule has 0 radical (unpaired) electrons. The van der Waals surface area contributed by atoms with E-state index in [0.717, 1.165) is 12.0 Å². The predicted molar refractivity (Wildman–Crippen MR) is 49.5 cm³/mol. The second kappa shape index (κ2) is 3.02. The lowest BCUT2D eigenvalue weighted by atomic mass is 10.2. The van der Waals surface area contributed by atoms with Gasteiger partial charge in [-0.25, -0.2) is 9.90 Å². The number of nitrogens with zero attached hydrogens (tertiary/aromatic N) is 1. The number of rotatable bonds is 1. The summed E-state index contributed by atoms with van der Waals surface area (Å²) in [4.78, 5) is 4.56. The van der Waals surface area contributed by atoms with Crippen LogP contribution in [0.3, 0.4) is 0 Å². The smallest absolute Gasteiger partial charge is 0.230 e. The number of alkyl halides is 3. The van der Waals surface area contributed by atoms with Crippen LogP contribution in [-0.4, -0.2) is 11.9 Å². The topological polar surface area (TPSA) is 15.5 Å². The molecule has 1 atom stereocenters. The normalized spacial score (nSPS) is 25.5. The van der Waals surface area contributed by atoms with Gasteiger partial charge in [-0.3, -0.25) is 0 Å². The number of anilines is 1. The molecular formula is C9H7ClF3NO. The van der Waals surface area contributed by atoms with Gasteiger partial charge in [0.05, 0.1) is 5.69 Å². The molecule has 1 heterocycles. The molecule has 0 spiro atoms. The summed E-state index contributed by atoms with van der Waals surface area (Å²) in [5.41, 5.74) is -1.87. The molecule has 1 aliphatic heterocycles. The number of hydrogen-bond donors (Lipinski definition) is 0. The maximum atomic E-state index is 12.4. The summed E-state index contributed by atoms with van der Waals surface area (Å²) in [6.07, 6.45) is -4.41. The fraction of sp³-hybridized carbons (Fsp3) is 0.333. The van der Waals surface area contributed by atoms with Crippen LogP contribution in [0.5, 0.6) is 0 Å². The zero-order chi connectivity index (χ0) is 11.3. The van der Waals surface area contributed by atoms with Crippen molar-refractivity contribution in [2.45, 2.75) is 18.8 Å². The van der Waals surface area contributed by atoms with Crippen LogP contribution in [0.1, 0.15) is 6.92 Å². The van der Waals surface area contributed by atoms with Gasteiger partial charge >= 0.3 is 6.18 Å². The lowest BCUT2D eigenvalue weighted by molar-refractivity contribution is -0.178. The van der Waals surface area contributed by atoms with Crippen molar-refractivity contribution >= 4 is 17.3 Å². The second-order valence-corrected chi connectivity index (χ2v) is 3.78. The van der Waals surface area contributed by atoms with Gasteiger partial charge in [-0.1, -0.05) is 11.6 Å². The minimum atomic E-state index is -4.41. The zero-order valence-corrected chi connectivity index (χ0v) is 8.43. The molecular weight excluding hydrogens is 231 g/mol. The lowest BCUT2D eigenvalue weighted by Crippen LogP contribution is -2.33. The number of hydroxylamine groups is 1. The van der Waals surface area contributed by atoms with Gasteiger partial charge in [0.1, 0.15) is 0 Å². The van der Waals surface area contributed by atoms with E-state index in [0.29, 0.717) is 10.7 Å². The fourth-order valence-electron chi connectivity index (χ4n) is 1.20. The van der Waals surface area contributed by atoms with Gasteiger partial charge in [-0.05, 0) is 31.2 Å². The van der Waals surface area contributed by atoms with Crippen LogP contribution in [0.2, 0.25) is 5.02 Å². The largest absolute Gasteiger partial charge is 0.441 e. The molecule has 0 aromatic heterocycles. The molecule has 15 heavy (non-hydrogen) atoms. The van der Waals surface area contributed by atoms with Gasteiger partial charge in [0.15, 0.2) is 0 Å². The third-order valence-corrected chi connectivity index (χ3v) is 2.46. The first-order valence-corrected chi connectivity index (χ1v) is 4.54. The number of hydrogen-bond acceptors (Lipinski definition) is 2. The van der Waals surface area contributed by atoms with Crippen molar-refractivity contribution in [1.29, 1.82) is 0 Å². The van der Waals surface area contributed by atoms with Crippen molar-refractivity contribution in [2.75, 3.05) is 5.06 Å². The van der Waals surface area contributed by atoms with Crippen molar-refractivity contribution in [3.63, 3.8) is 0 Å². The Morgan fingerprint density at radius 3 is 2.20 bits per heavy atom. The van der Waals surface area contributed by atoms with Crippen LogP contribution in [0.15, 0.2) is 24.3 Å². The van der Waals surface area contributed by atoms with Crippen LogP contribution >= 0.6 is 11.6 Å². The summed E-state index contributed by atoms with van der Waals surface area (Å²) in [7, 11) is 0. The highest BCUT2D eigenvalue weighted by atomic mass is 35.5. The van der Waals surface area contributed by atoms with Crippen LogP contribution in [0, 0.1) is 0 Å². The van der Waals surface area contributed by atoms with Gasteiger partial charge in [0.2, 0.25) is 0 Å². The molecule has 0 amide bonds. The average Bonchev–Trinajstić information content (AvgIpc) is 2.80. The molecule has 0 aliphatic carbocycles. The van der Waals surface area contributed by atoms with E-state index in [4.69, 9.17) is 11.6 Å². The van der Waals surface area contributed by atoms with E-state index < -0.39 is 11.9 Å². The fourth-order valence-corrected chi connectivity index (χ4v) is 1.33. The van der Waals surface area contributed by atoms with Gasteiger partial charge in [0, 0.05) is 5.02 Å². The highest BCUT2D eigenvalue weighted by Crippen LogP contribution is 2.50. The zero-order valence-electron chi connectivity index (χ0n) is 7.68. The van der Waals surface area contributed by atoms with E-state index in [1.165, 1.54) is 24.3 Å². The van der Waals surface area contributed by atoms with Crippen molar-refractivity contribution in [2.24, 2.45) is 0 Å². The van der Waals surface area contributed by atoms with E-state index in [1.54, 1.807) is 0 Å². The average molecular weight is 238 g/mol. The highest BCUT2D eigenvalue weighted by molar-refractivity contribution is 6.30. The quantitative estimate of drug-likeness (QED) is 0.696. The Kier molecular flexibility index (Phi) is 2.13. The molecule has 0 unspecified atom stereocenters. The summed E-state index contributed by atoms with van der Waals surface area (Å²) >= 11 is 5.62. The maximum absolute atomic E-state index is 12.4. The van der Waals surface area contributed by atoms with Crippen molar-refractivity contribution in [3.8, 4) is 0 Å². The molecule has 82 valence electrons. The summed E-state index contributed by atoms with van der Waals surface area (Å²) in [6.45, 7) is 0.974. The Labute approximate surface area is 89.1 Å². The van der Waals surface area contributed by atoms with Gasteiger partial charge in [0.25, 0.3) is 5.72 Å². The maximum Gasteiger partial charge on any atom is 0.441 e. The highest BCUT2D eigenvalue weighted by Gasteiger charge is 2.70.